The number of fused-ring (bicyclic) bond motifs is 1. The number of aromatic nitrogens is 1. The van der Waals surface area contributed by atoms with Crippen LogP contribution in [0.1, 0.15) is 19.4 Å². The Morgan fingerprint density at radius 1 is 1.20 bits per heavy atom. The van der Waals surface area contributed by atoms with Gasteiger partial charge in [-0.2, -0.15) is 13.2 Å². The number of benzene rings is 1. The average molecular weight is 284 g/mol. The van der Waals surface area contributed by atoms with Crippen LogP contribution in [-0.4, -0.2) is 17.3 Å². The standard InChI is InChI=1S/C15H19F3N2/c1-11(2)7-19-8-12-9-20(10-15(16,17)18)14-6-4-3-5-13(12)14/h3-6,9,11,19H,7-8,10H2,1-2H3. The van der Waals surface area contributed by atoms with E-state index < -0.39 is 12.7 Å². The van der Waals surface area contributed by atoms with E-state index >= 15 is 0 Å². The molecule has 0 saturated carbocycles. The van der Waals surface area contributed by atoms with Gasteiger partial charge in [0.15, 0.2) is 0 Å². The van der Waals surface area contributed by atoms with Gasteiger partial charge in [-0.15, -0.1) is 0 Å². The van der Waals surface area contributed by atoms with Gasteiger partial charge in [0.25, 0.3) is 0 Å². The molecule has 110 valence electrons. The molecule has 0 bridgehead atoms. The van der Waals surface area contributed by atoms with E-state index in [4.69, 9.17) is 0 Å². The van der Waals surface area contributed by atoms with E-state index in [9.17, 15) is 13.2 Å². The third kappa shape index (κ3) is 3.76. The molecule has 0 aliphatic heterocycles. The summed E-state index contributed by atoms with van der Waals surface area (Å²) < 4.78 is 39.1. The molecule has 5 heteroatoms. The monoisotopic (exact) mass is 284 g/mol. The maximum absolute atomic E-state index is 12.6. The molecule has 0 atom stereocenters. The third-order valence-corrected chi connectivity index (χ3v) is 3.09. The van der Waals surface area contributed by atoms with Gasteiger partial charge in [-0.3, -0.25) is 0 Å². The quantitative estimate of drug-likeness (QED) is 0.879. The number of hydrogen-bond donors (Lipinski definition) is 1. The van der Waals surface area contributed by atoms with Crippen molar-refractivity contribution >= 4 is 10.9 Å². The molecule has 1 aromatic carbocycles. The number of para-hydroxylation sites is 1. The predicted octanol–water partition coefficient (Wildman–Crippen LogP) is 3.95. The Hall–Kier alpha value is -1.49. The second-order valence-electron chi connectivity index (χ2n) is 5.44. The van der Waals surface area contributed by atoms with Crippen LogP contribution in [0.3, 0.4) is 0 Å². The Labute approximate surface area is 116 Å². The van der Waals surface area contributed by atoms with Gasteiger partial charge in [0.05, 0.1) is 0 Å². The molecule has 0 amide bonds. The number of alkyl halides is 3. The Morgan fingerprint density at radius 2 is 1.90 bits per heavy atom. The maximum Gasteiger partial charge on any atom is 0.406 e. The van der Waals surface area contributed by atoms with Crippen molar-refractivity contribution in [3.63, 3.8) is 0 Å². The van der Waals surface area contributed by atoms with E-state index in [1.165, 1.54) is 4.57 Å². The number of nitrogens with one attached hydrogen (secondary N) is 1. The summed E-state index contributed by atoms with van der Waals surface area (Å²) >= 11 is 0. The van der Waals surface area contributed by atoms with Crippen LogP contribution in [0.2, 0.25) is 0 Å². The zero-order valence-electron chi connectivity index (χ0n) is 11.7. The highest BCUT2D eigenvalue weighted by molar-refractivity contribution is 5.83. The van der Waals surface area contributed by atoms with Crippen LogP contribution in [0.15, 0.2) is 30.5 Å². The van der Waals surface area contributed by atoms with Crippen LogP contribution < -0.4 is 5.32 Å². The largest absolute Gasteiger partial charge is 0.406 e. The van der Waals surface area contributed by atoms with Crippen LogP contribution in [-0.2, 0) is 13.1 Å². The summed E-state index contributed by atoms with van der Waals surface area (Å²) in [5, 5.41) is 4.16. The predicted molar refractivity (Wildman–Crippen MR) is 74.5 cm³/mol. The van der Waals surface area contributed by atoms with Crippen LogP contribution in [0.4, 0.5) is 13.2 Å². The molecule has 0 spiro atoms. The second-order valence-corrected chi connectivity index (χ2v) is 5.44. The summed E-state index contributed by atoms with van der Waals surface area (Å²) in [6.07, 6.45) is -2.60. The number of hydrogen-bond acceptors (Lipinski definition) is 1. The molecule has 0 radical (unpaired) electrons. The van der Waals surface area contributed by atoms with E-state index in [0.717, 1.165) is 17.5 Å². The Balaban J connectivity index is 2.26. The molecule has 1 heterocycles. The van der Waals surface area contributed by atoms with Crippen LogP contribution in [0.25, 0.3) is 10.9 Å². The fourth-order valence-corrected chi connectivity index (χ4v) is 2.28. The van der Waals surface area contributed by atoms with Gasteiger partial charge in [-0.05, 0) is 24.1 Å². The van der Waals surface area contributed by atoms with Gasteiger partial charge < -0.3 is 9.88 Å². The lowest BCUT2D eigenvalue weighted by Crippen LogP contribution is -2.19. The summed E-state index contributed by atoms with van der Waals surface area (Å²) in [7, 11) is 0. The zero-order chi connectivity index (χ0) is 14.8. The number of halogens is 3. The first-order chi connectivity index (χ1) is 9.37. The van der Waals surface area contributed by atoms with Crippen molar-refractivity contribution in [1.29, 1.82) is 0 Å². The van der Waals surface area contributed by atoms with Crippen LogP contribution in [0, 0.1) is 5.92 Å². The van der Waals surface area contributed by atoms with Gasteiger partial charge in [0.1, 0.15) is 6.54 Å². The summed E-state index contributed by atoms with van der Waals surface area (Å²) in [5.74, 6) is 0.513. The smallest absolute Gasteiger partial charge is 0.338 e. The summed E-state index contributed by atoms with van der Waals surface area (Å²) in [4.78, 5) is 0. The zero-order valence-corrected chi connectivity index (χ0v) is 11.7. The van der Waals surface area contributed by atoms with E-state index in [-0.39, 0.29) is 0 Å². The fraction of sp³-hybridized carbons (Fsp3) is 0.467. The fourth-order valence-electron chi connectivity index (χ4n) is 2.28. The van der Waals surface area contributed by atoms with Crippen LogP contribution >= 0.6 is 0 Å². The van der Waals surface area contributed by atoms with Crippen molar-refractivity contribution in [3.8, 4) is 0 Å². The van der Waals surface area contributed by atoms with Gasteiger partial charge >= 0.3 is 6.18 Å². The molecule has 1 aromatic heterocycles. The lowest BCUT2D eigenvalue weighted by atomic mass is 10.1. The minimum atomic E-state index is -4.20. The number of rotatable bonds is 5. The molecule has 2 rings (SSSR count). The van der Waals surface area contributed by atoms with Crippen molar-refractivity contribution < 1.29 is 13.2 Å². The van der Waals surface area contributed by atoms with Gasteiger partial charge in [-0.25, -0.2) is 0 Å². The maximum atomic E-state index is 12.6. The van der Waals surface area contributed by atoms with Crippen molar-refractivity contribution in [3.05, 3.63) is 36.0 Å². The minimum absolute atomic E-state index is 0.513. The summed E-state index contributed by atoms with van der Waals surface area (Å²) in [6, 6.07) is 7.22. The second kappa shape index (κ2) is 5.87. The molecular formula is C15H19F3N2. The summed E-state index contributed by atoms with van der Waals surface area (Å²) in [5.41, 5.74) is 1.54. The lowest BCUT2D eigenvalue weighted by Gasteiger charge is -2.08. The summed E-state index contributed by atoms with van der Waals surface area (Å²) in [6.45, 7) is 4.68. The molecule has 0 fully saturated rings. The third-order valence-electron chi connectivity index (χ3n) is 3.09. The van der Waals surface area contributed by atoms with Crippen molar-refractivity contribution in [2.45, 2.75) is 33.1 Å². The van der Waals surface area contributed by atoms with E-state index in [1.54, 1.807) is 18.3 Å². The Bertz CT molecular complexity index is 570. The molecule has 0 unspecified atom stereocenters. The highest BCUT2D eigenvalue weighted by Gasteiger charge is 2.28. The van der Waals surface area contributed by atoms with E-state index in [0.29, 0.717) is 18.0 Å². The van der Waals surface area contributed by atoms with Crippen molar-refractivity contribution in [2.75, 3.05) is 6.54 Å². The van der Waals surface area contributed by atoms with Gasteiger partial charge in [0, 0.05) is 23.6 Å². The van der Waals surface area contributed by atoms with E-state index in [1.807, 2.05) is 12.1 Å². The molecule has 0 saturated heterocycles. The van der Waals surface area contributed by atoms with Gasteiger partial charge in [0.2, 0.25) is 0 Å². The topological polar surface area (TPSA) is 17.0 Å². The normalized spacial score (nSPS) is 12.5. The Kier molecular flexibility index (Phi) is 4.38. The first-order valence-corrected chi connectivity index (χ1v) is 6.71. The van der Waals surface area contributed by atoms with Crippen molar-refractivity contribution in [2.24, 2.45) is 5.92 Å². The molecule has 1 N–H and O–H groups in total. The van der Waals surface area contributed by atoms with Gasteiger partial charge in [-0.1, -0.05) is 32.0 Å². The Morgan fingerprint density at radius 3 is 2.55 bits per heavy atom. The van der Waals surface area contributed by atoms with E-state index in [2.05, 4.69) is 19.2 Å². The molecule has 20 heavy (non-hydrogen) atoms. The molecular weight excluding hydrogens is 265 g/mol. The average Bonchev–Trinajstić information content (AvgIpc) is 2.66. The lowest BCUT2D eigenvalue weighted by molar-refractivity contribution is -0.139. The van der Waals surface area contributed by atoms with Crippen molar-refractivity contribution in [1.82, 2.24) is 9.88 Å². The molecule has 0 aliphatic carbocycles. The first-order valence-electron chi connectivity index (χ1n) is 6.71. The highest BCUT2D eigenvalue weighted by atomic mass is 19.4. The SMILES string of the molecule is CC(C)CNCc1cn(CC(F)(F)F)c2ccccc12. The molecule has 0 aliphatic rings. The minimum Gasteiger partial charge on any atom is -0.338 e. The number of nitrogens with zero attached hydrogens (tertiary/aromatic N) is 1. The molecule has 2 nitrogen and oxygen atoms in total. The first kappa shape index (κ1) is 14.9. The van der Waals surface area contributed by atoms with Crippen LogP contribution in [0.5, 0.6) is 0 Å². The highest BCUT2D eigenvalue weighted by Crippen LogP contribution is 2.25. The molecule has 2 aromatic rings.